The number of hydrogen-bond acceptors (Lipinski definition) is 4. The fourth-order valence-corrected chi connectivity index (χ4v) is 6.39. The Bertz CT molecular complexity index is 1500. The van der Waals surface area contributed by atoms with E-state index in [-0.39, 0.29) is 27.2 Å². The van der Waals surface area contributed by atoms with Crippen molar-refractivity contribution in [3.05, 3.63) is 91.9 Å². The zero-order chi connectivity index (χ0) is 30.7. The predicted octanol–water partition coefficient (Wildman–Crippen LogP) is 7.14. The van der Waals surface area contributed by atoms with E-state index < -0.39 is 40.0 Å². The summed E-state index contributed by atoms with van der Waals surface area (Å²) >= 11 is 25.3. The van der Waals surface area contributed by atoms with E-state index in [1.54, 1.807) is 37.3 Å². The van der Waals surface area contributed by atoms with Gasteiger partial charge in [-0.3, -0.25) is 13.9 Å². The van der Waals surface area contributed by atoms with Gasteiger partial charge >= 0.3 is 0 Å². The minimum absolute atomic E-state index is 0.0359. The van der Waals surface area contributed by atoms with Crippen LogP contribution < -0.4 is 9.62 Å². The average Bonchev–Trinajstić information content (AvgIpc) is 2.85. The van der Waals surface area contributed by atoms with E-state index in [4.69, 9.17) is 46.4 Å². The molecule has 0 bridgehead atoms. The quantitative estimate of drug-likeness (QED) is 0.265. The molecule has 0 unspecified atom stereocenters. The van der Waals surface area contributed by atoms with Crippen LogP contribution >= 0.6 is 46.4 Å². The van der Waals surface area contributed by atoms with Crippen molar-refractivity contribution in [2.75, 3.05) is 10.8 Å². The Morgan fingerprint density at radius 1 is 0.902 bits per heavy atom. The van der Waals surface area contributed by atoms with Gasteiger partial charge in [-0.15, -0.1) is 0 Å². The number of rotatable bonds is 9. The maximum absolute atomic E-state index is 14.1. The Hall–Kier alpha value is -2.49. The van der Waals surface area contributed by atoms with Crippen LogP contribution in [-0.2, 0) is 26.2 Å². The predicted molar refractivity (Wildman–Crippen MR) is 167 cm³/mol. The van der Waals surface area contributed by atoms with Crippen LogP contribution in [-0.4, -0.2) is 43.3 Å². The molecule has 1 atom stereocenters. The van der Waals surface area contributed by atoms with Gasteiger partial charge in [0.1, 0.15) is 12.6 Å². The summed E-state index contributed by atoms with van der Waals surface area (Å²) in [5.41, 5.74) is 0.775. The summed E-state index contributed by atoms with van der Waals surface area (Å²) in [6, 6.07) is 14.4. The molecule has 0 heterocycles. The summed E-state index contributed by atoms with van der Waals surface area (Å²) in [7, 11) is -4.28. The maximum Gasteiger partial charge on any atom is 0.264 e. The summed E-state index contributed by atoms with van der Waals surface area (Å²) in [6.45, 7) is 8.01. The molecular formula is C29H31Cl4N3O4S. The molecule has 12 heteroatoms. The molecule has 2 amide bonds. The van der Waals surface area contributed by atoms with Crippen molar-refractivity contribution in [2.24, 2.45) is 0 Å². The van der Waals surface area contributed by atoms with Crippen LogP contribution in [0.2, 0.25) is 20.1 Å². The maximum atomic E-state index is 14.1. The van der Waals surface area contributed by atoms with Crippen LogP contribution in [0.3, 0.4) is 0 Å². The van der Waals surface area contributed by atoms with Crippen LogP contribution in [0.25, 0.3) is 0 Å². The number of hydrogen-bond donors (Lipinski definition) is 1. The Kier molecular flexibility index (Phi) is 10.6. The highest BCUT2D eigenvalue weighted by molar-refractivity contribution is 7.92. The zero-order valence-corrected chi connectivity index (χ0v) is 27.1. The standard InChI is InChI=1S/C29H31Cl4N3O4S/c1-18-9-11-23(12-10-18)41(39,40)36(22-14-20(30)13-21(31)15-22)17-27(37)35(19(2)28(38)34-29(3,4)5)16-24-25(32)7-6-8-26(24)33/h6-15,19H,16-17H2,1-5H3,(H,34,38)/t19-/m1/s1. The van der Waals surface area contributed by atoms with Crippen LogP contribution in [0.15, 0.2) is 65.6 Å². The molecule has 0 saturated carbocycles. The summed E-state index contributed by atoms with van der Waals surface area (Å²) < 4.78 is 28.8. The first-order valence-corrected chi connectivity index (χ1v) is 15.5. The molecule has 1 N–H and O–H groups in total. The van der Waals surface area contributed by atoms with Crippen LogP contribution in [0.5, 0.6) is 0 Å². The normalized spacial score (nSPS) is 12.5. The molecule has 3 aromatic rings. The van der Waals surface area contributed by atoms with Gasteiger partial charge in [-0.05, 0) is 77.1 Å². The summed E-state index contributed by atoms with van der Waals surface area (Å²) in [6.07, 6.45) is 0. The van der Waals surface area contributed by atoms with Crippen molar-refractivity contribution in [3.63, 3.8) is 0 Å². The lowest BCUT2D eigenvalue weighted by Crippen LogP contribution is -2.54. The monoisotopic (exact) mass is 657 g/mol. The van der Waals surface area contributed by atoms with E-state index in [9.17, 15) is 18.0 Å². The number of amides is 2. The van der Waals surface area contributed by atoms with Crippen LogP contribution in [0.4, 0.5) is 5.69 Å². The molecule has 0 radical (unpaired) electrons. The second-order valence-corrected chi connectivity index (χ2v) is 14.1. The molecule has 0 saturated heterocycles. The molecule has 3 aromatic carbocycles. The summed E-state index contributed by atoms with van der Waals surface area (Å²) in [4.78, 5) is 28.5. The number of halogens is 4. The summed E-state index contributed by atoms with van der Waals surface area (Å²) in [5.74, 6) is -1.11. The lowest BCUT2D eigenvalue weighted by atomic mass is 10.1. The Morgan fingerprint density at radius 3 is 1.95 bits per heavy atom. The number of nitrogens with zero attached hydrogens (tertiary/aromatic N) is 2. The van der Waals surface area contributed by atoms with E-state index in [2.05, 4.69) is 5.32 Å². The first-order valence-electron chi connectivity index (χ1n) is 12.6. The van der Waals surface area contributed by atoms with Crippen molar-refractivity contribution in [1.82, 2.24) is 10.2 Å². The number of carbonyl (C=O) groups is 2. The number of benzene rings is 3. The van der Waals surface area contributed by atoms with Gasteiger partial charge < -0.3 is 10.2 Å². The molecule has 3 rings (SSSR count). The molecule has 41 heavy (non-hydrogen) atoms. The fraction of sp³-hybridized carbons (Fsp3) is 0.310. The highest BCUT2D eigenvalue weighted by atomic mass is 35.5. The largest absolute Gasteiger partial charge is 0.350 e. The van der Waals surface area contributed by atoms with Crippen molar-refractivity contribution in [1.29, 1.82) is 0 Å². The third-order valence-electron chi connectivity index (χ3n) is 6.08. The Labute approximate surface area is 261 Å². The van der Waals surface area contributed by atoms with Crippen molar-refractivity contribution in [3.8, 4) is 0 Å². The minimum Gasteiger partial charge on any atom is -0.350 e. The van der Waals surface area contributed by atoms with Gasteiger partial charge in [0, 0.05) is 37.7 Å². The molecule has 0 aliphatic carbocycles. The van der Waals surface area contributed by atoms with Gasteiger partial charge in [-0.1, -0.05) is 70.2 Å². The van der Waals surface area contributed by atoms with Gasteiger partial charge in [0.25, 0.3) is 10.0 Å². The third-order valence-corrected chi connectivity index (χ3v) is 9.01. The Morgan fingerprint density at radius 2 is 1.44 bits per heavy atom. The van der Waals surface area contributed by atoms with Crippen molar-refractivity contribution >= 4 is 73.9 Å². The first-order chi connectivity index (χ1) is 19.0. The van der Waals surface area contributed by atoms with E-state index in [1.165, 1.54) is 35.2 Å². The number of aryl methyl sites for hydroxylation is 1. The molecule has 220 valence electrons. The highest BCUT2D eigenvalue weighted by Crippen LogP contribution is 2.31. The van der Waals surface area contributed by atoms with E-state index in [0.717, 1.165) is 9.87 Å². The first kappa shape index (κ1) is 33.0. The van der Waals surface area contributed by atoms with Crippen molar-refractivity contribution in [2.45, 2.75) is 57.6 Å². The zero-order valence-electron chi connectivity index (χ0n) is 23.2. The van der Waals surface area contributed by atoms with Crippen molar-refractivity contribution < 1.29 is 18.0 Å². The second-order valence-electron chi connectivity index (χ2n) is 10.6. The van der Waals surface area contributed by atoms with Crippen LogP contribution in [0.1, 0.15) is 38.8 Å². The van der Waals surface area contributed by atoms with Gasteiger partial charge in [-0.25, -0.2) is 8.42 Å². The molecule has 7 nitrogen and oxygen atoms in total. The third kappa shape index (κ3) is 8.52. The Balaban J connectivity index is 2.11. The molecule has 0 aliphatic heterocycles. The lowest BCUT2D eigenvalue weighted by Gasteiger charge is -2.34. The average molecular weight is 659 g/mol. The van der Waals surface area contributed by atoms with E-state index in [0.29, 0.717) is 15.6 Å². The fourth-order valence-electron chi connectivity index (χ4n) is 3.96. The minimum atomic E-state index is -4.28. The molecule has 0 spiro atoms. The van der Waals surface area contributed by atoms with Gasteiger partial charge in [0.2, 0.25) is 11.8 Å². The van der Waals surface area contributed by atoms with Crippen LogP contribution in [0, 0.1) is 6.92 Å². The lowest BCUT2D eigenvalue weighted by molar-refractivity contribution is -0.140. The number of nitrogens with one attached hydrogen (secondary N) is 1. The molecule has 0 aliphatic rings. The SMILES string of the molecule is Cc1ccc(S(=O)(=O)N(CC(=O)N(Cc2c(Cl)cccc2Cl)[C@H](C)C(=O)NC(C)(C)C)c2cc(Cl)cc(Cl)c2)cc1. The van der Waals surface area contributed by atoms with Gasteiger partial charge in [0.05, 0.1) is 10.6 Å². The van der Waals surface area contributed by atoms with E-state index >= 15 is 0 Å². The highest BCUT2D eigenvalue weighted by Gasteiger charge is 2.34. The number of sulfonamides is 1. The summed E-state index contributed by atoms with van der Waals surface area (Å²) in [5, 5.41) is 3.82. The smallest absolute Gasteiger partial charge is 0.264 e. The molecule has 0 aromatic heterocycles. The second kappa shape index (κ2) is 13.2. The van der Waals surface area contributed by atoms with Gasteiger partial charge in [0.15, 0.2) is 0 Å². The number of anilines is 1. The van der Waals surface area contributed by atoms with E-state index in [1.807, 2.05) is 27.7 Å². The topological polar surface area (TPSA) is 86.8 Å². The van der Waals surface area contributed by atoms with Gasteiger partial charge in [-0.2, -0.15) is 0 Å². The molecular weight excluding hydrogens is 628 g/mol. The number of carbonyl (C=O) groups excluding carboxylic acids is 2. The molecule has 0 fully saturated rings.